The van der Waals surface area contributed by atoms with Crippen LogP contribution in [-0.2, 0) is 9.88 Å². The summed E-state index contributed by atoms with van der Waals surface area (Å²) in [5.41, 5.74) is 6.25. The van der Waals surface area contributed by atoms with Crippen LogP contribution < -0.4 is 21.4 Å². The molecule has 2 rings (SSSR count). The van der Waals surface area contributed by atoms with Crippen LogP contribution in [0.15, 0.2) is 24.3 Å². The highest BCUT2D eigenvalue weighted by atomic mass is 17.0. The first kappa shape index (κ1) is 13.3. The number of hydrogen-bond donors (Lipinski definition) is 4. The van der Waals surface area contributed by atoms with Crippen molar-refractivity contribution in [3.8, 4) is 0 Å². The molecule has 18 heavy (non-hydrogen) atoms. The lowest BCUT2D eigenvalue weighted by atomic mass is 9.79. The van der Waals surface area contributed by atoms with Crippen LogP contribution in [-0.4, -0.2) is 14.1 Å². The van der Waals surface area contributed by atoms with Crippen LogP contribution in [0, 0.1) is 10.4 Å². The molecule has 0 aromatic heterocycles. The fraction of sp³-hybridized carbons (Fsp3) is 0.400. The fourth-order valence-corrected chi connectivity index (χ4v) is 2.19. The number of nitrogens with one attached hydrogen (secondary N) is 4. The maximum Gasteiger partial charge on any atom is 0.205 e. The summed E-state index contributed by atoms with van der Waals surface area (Å²) >= 11 is 0. The monoisotopic (exact) mass is 256 g/mol. The van der Waals surface area contributed by atoms with Crippen LogP contribution in [0.5, 0.6) is 0 Å². The molecule has 0 aliphatic heterocycles. The summed E-state index contributed by atoms with van der Waals surface area (Å²) in [6.45, 7) is 0. The van der Waals surface area contributed by atoms with E-state index < -0.39 is 22.5 Å². The van der Waals surface area contributed by atoms with E-state index in [0.29, 0.717) is 0 Å². The summed E-state index contributed by atoms with van der Waals surface area (Å²) in [4.78, 5) is 9.49. The van der Waals surface area contributed by atoms with Gasteiger partial charge >= 0.3 is 0 Å². The van der Waals surface area contributed by atoms with Crippen LogP contribution in [0.4, 0.5) is 0 Å². The van der Waals surface area contributed by atoms with Gasteiger partial charge in [-0.25, -0.2) is 0 Å². The molecule has 0 amide bonds. The van der Waals surface area contributed by atoms with Crippen molar-refractivity contribution in [2.24, 2.45) is 0 Å². The van der Waals surface area contributed by atoms with Gasteiger partial charge in [0, 0.05) is 25.2 Å². The number of quaternary nitrogens is 2. The number of hydrogen-bond acceptors (Lipinski definition) is 6. The van der Waals surface area contributed by atoms with Crippen molar-refractivity contribution in [2.45, 2.75) is 12.1 Å². The van der Waals surface area contributed by atoms with Gasteiger partial charge in [-0.15, -0.1) is 9.88 Å². The molecule has 0 spiro atoms. The topological polar surface area (TPSA) is 97.5 Å². The number of hydroxylamine groups is 6. The van der Waals surface area contributed by atoms with E-state index in [2.05, 4.69) is 11.0 Å². The van der Waals surface area contributed by atoms with Gasteiger partial charge in [0.15, 0.2) is 0 Å². The first-order chi connectivity index (χ1) is 8.70. The van der Waals surface area contributed by atoms with E-state index in [9.17, 15) is 10.4 Å². The van der Waals surface area contributed by atoms with Gasteiger partial charge in [0.05, 0.1) is 0 Å². The molecule has 100 valence electrons. The minimum Gasteiger partial charge on any atom is -0.598 e. The Morgan fingerprint density at radius 3 is 1.67 bits per heavy atom. The molecule has 4 N–H and O–H groups in total. The third-order valence-corrected chi connectivity index (χ3v) is 2.91. The molecule has 4 unspecified atom stereocenters. The van der Waals surface area contributed by atoms with E-state index in [4.69, 9.17) is 9.88 Å². The van der Waals surface area contributed by atoms with Crippen LogP contribution in [0.1, 0.15) is 23.2 Å². The second-order valence-corrected chi connectivity index (χ2v) is 3.83. The number of benzene rings is 1. The minimum atomic E-state index is -0.616. The smallest absolute Gasteiger partial charge is 0.205 e. The highest BCUT2D eigenvalue weighted by molar-refractivity contribution is 5.40. The van der Waals surface area contributed by atoms with Crippen LogP contribution in [0.25, 0.3) is 0 Å². The zero-order chi connectivity index (χ0) is 13.1. The Morgan fingerprint density at radius 1 is 0.944 bits per heavy atom. The molecule has 0 fully saturated rings. The predicted molar refractivity (Wildman–Crippen MR) is 60.9 cm³/mol. The molecular formula is C10H16N4O4. The molecule has 0 radical (unpaired) electrons. The van der Waals surface area contributed by atoms with Crippen LogP contribution in [0.3, 0.4) is 0 Å². The van der Waals surface area contributed by atoms with Crippen molar-refractivity contribution < 1.29 is 20.3 Å². The van der Waals surface area contributed by atoms with Gasteiger partial charge in [-0.2, -0.15) is 21.4 Å². The molecule has 8 heteroatoms. The fourth-order valence-electron chi connectivity index (χ4n) is 2.19. The Hall–Kier alpha value is -1.10. The Balaban J connectivity index is 2.21. The Bertz CT molecular complexity index is 368. The van der Waals surface area contributed by atoms with E-state index in [1.807, 2.05) is 12.1 Å². The van der Waals surface area contributed by atoms with E-state index in [-0.39, 0.29) is 0 Å². The summed E-state index contributed by atoms with van der Waals surface area (Å²) in [7, 11) is 2.98. The van der Waals surface area contributed by atoms with Crippen molar-refractivity contribution in [3.05, 3.63) is 45.8 Å². The summed E-state index contributed by atoms with van der Waals surface area (Å²) < 4.78 is 0. The summed E-state index contributed by atoms with van der Waals surface area (Å²) in [6.07, 6.45) is 0. The van der Waals surface area contributed by atoms with E-state index in [1.54, 1.807) is 12.1 Å². The second-order valence-electron chi connectivity index (χ2n) is 3.83. The van der Waals surface area contributed by atoms with Gasteiger partial charge in [0.25, 0.3) is 0 Å². The maximum absolute atomic E-state index is 11.8. The molecule has 0 bridgehead atoms. The van der Waals surface area contributed by atoms with E-state index in [1.165, 1.54) is 14.1 Å². The minimum absolute atomic E-state index is 0.491. The molecular weight excluding hydrogens is 240 g/mol. The largest absolute Gasteiger partial charge is 0.598 e. The Labute approximate surface area is 104 Å². The molecule has 1 aliphatic rings. The molecule has 8 nitrogen and oxygen atoms in total. The van der Waals surface area contributed by atoms with E-state index >= 15 is 0 Å². The zero-order valence-electron chi connectivity index (χ0n) is 10.1. The predicted octanol–water partition coefficient (Wildman–Crippen LogP) is -2.32. The number of fused-ring (bicyclic) bond motifs is 1. The van der Waals surface area contributed by atoms with Crippen LogP contribution in [0.2, 0.25) is 0 Å². The molecule has 1 aliphatic carbocycles. The Kier molecular flexibility index (Phi) is 4.22. The standard InChI is InChI=1S/C10H16N4O4/c1-11-17-13(15)9-7-5-3-4-6-8(7)10(9)14(16)18-12-2/h3-6,9-14H,1-2H3. The number of rotatable bonds is 6. The van der Waals surface area contributed by atoms with Crippen molar-refractivity contribution in [1.82, 2.24) is 11.0 Å². The highest BCUT2D eigenvalue weighted by Crippen LogP contribution is 2.38. The first-order valence-corrected chi connectivity index (χ1v) is 5.54. The first-order valence-electron chi connectivity index (χ1n) is 5.54. The maximum atomic E-state index is 11.8. The van der Waals surface area contributed by atoms with Crippen molar-refractivity contribution in [1.29, 1.82) is 0 Å². The van der Waals surface area contributed by atoms with Gasteiger partial charge < -0.3 is 10.4 Å². The average molecular weight is 256 g/mol. The molecule has 0 saturated carbocycles. The van der Waals surface area contributed by atoms with Crippen molar-refractivity contribution in [2.75, 3.05) is 14.1 Å². The van der Waals surface area contributed by atoms with Gasteiger partial charge in [-0.1, -0.05) is 24.3 Å². The molecule has 0 saturated heterocycles. The van der Waals surface area contributed by atoms with Crippen LogP contribution >= 0.6 is 0 Å². The Morgan fingerprint density at radius 2 is 1.33 bits per heavy atom. The summed E-state index contributed by atoms with van der Waals surface area (Å²) in [5, 5.41) is 22.6. The van der Waals surface area contributed by atoms with Gasteiger partial charge in [0.2, 0.25) is 12.1 Å². The normalized spacial score (nSPS) is 25.1. The molecule has 1 aromatic rings. The highest BCUT2D eigenvalue weighted by Gasteiger charge is 2.49. The lowest BCUT2D eigenvalue weighted by Gasteiger charge is -2.43. The average Bonchev–Trinajstić information content (AvgIpc) is 2.31. The quantitative estimate of drug-likeness (QED) is 0.427. The second kappa shape index (κ2) is 5.69. The summed E-state index contributed by atoms with van der Waals surface area (Å²) in [5.74, 6) is 0. The van der Waals surface area contributed by atoms with E-state index in [0.717, 1.165) is 11.1 Å². The molecule has 1 aromatic carbocycles. The third kappa shape index (κ3) is 2.23. The lowest BCUT2D eigenvalue weighted by Crippen LogP contribution is -3.18. The van der Waals surface area contributed by atoms with Gasteiger partial charge in [-0.3, -0.25) is 0 Å². The SMILES string of the molecule is CNO[NH+]([O-])C1c2ccccc2C1[NH+]([O-])ONC. The van der Waals surface area contributed by atoms with Gasteiger partial charge in [0.1, 0.15) is 0 Å². The molecule has 0 heterocycles. The zero-order valence-corrected chi connectivity index (χ0v) is 10.1. The lowest BCUT2D eigenvalue weighted by molar-refractivity contribution is -1.15. The van der Waals surface area contributed by atoms with Crippen molar-refractivity contribution in [3.63, 3.8) is 0 Å². The van der Waals surface area contributed by atoms with Crippen molar-refractivity contribution >= 4 is 0 Å². The molecule has 4 atom stereocenters. The van der Waals surface area contributed by atoms with Gasteiger partial charge in [-0.05, 0) is 0 Å². The summed E-state index contributed by atoms with van der Waals surface area (Å²) in [6, 6.07) is 6.01. The third-order valence-electron chi connectivity index (χ3n) is 2.91.